The molecular formula is C84H137NO8. The number of carbonyl (C=O) groups is 3. The molecule has 0 aliphatic heterocycles. The summed E-state index contributed by atoms with van der Waals surface area (Å²) in [4.78, 5) is 37.5. The molecule has 93 heavy (non-hydrogen) atoms. The fraction of sp³-hybridized carbons (Fsp3) is 0.631. The number of carboxylic acid groups (broad SMARTS) is 1. The van der Waals surface area contributed by atoms with Crippen molar-refractivity contribution in [3.63, 3.8) is 0 Å². The van der Waals surface area contributed by atoms with E-state index in [0.29, 0.717) is 17.4 Å². The Balaban J connectivity index is 4.10. The number of likely N-dealkylation sites (N-methyl/N-ethyl adjacent to an activating group) is 1. The zero-order valence-electron chi connectivity index (χ0n) is 60.1. The minimum Gasteiger partial charge on any atom is -0.545 e. The van der Waals surface area contributed by atoms with E-state index in [4.69, 9.17) is 18.9 Å². The second kappa shape index (κ2) is 72.5. The molecule has 0 bridgehead atoms. The summed E-state index contributed by atoms with van der Waals surface area (Å²) >= 11 is 0. The largest absolute Gasteiger partial charge is 0.545 e. The Hall–Kier alpha value is -5.35. The number of nitrogens with zero attached hydrogens (tertiary/aromatic N) is 1. The number of hydrogen-bond donors (Lipinski definition) is 0. The van der Waals surface area contributed by atoms with Crippen molar-refractivity contribution in [2.75, 3.05) is 47.5 Å². The third kappa shape index (κ3) is 73.9. The highest BCUT2D eigenvalue weighted by Crippen LogP contribution is 2.17. The van der Waals surface area contributed by atoms with Crippen molar-refractivity contribution in [1.29, 1.82) is 0 Å². The van der Waals surface area contributed by atoms with Crippen LogP contribution in [0.5, 0.6) is 0 Å². The number of hydrogen-bond acceptors (Lipinski definition) is 8. The summed E-state index contributed by atoms with van der Waals surface area (Å²) in [6, 6.07) is 0. The Bertz CT molecular complexity index is 2140. The summed E-state index contributed by atoms with van der Waals surface area (Å²) in [5, 5.41) is 11.8. The average molecular weight is 1290 g/mol. The van der Waals surface area contributed by atoms with Crippen molar-refractivity contribution >= 4 is 17.9 Å². The molecule has 0 aromatic heterocycles. The molecule has 526 valence electrons. The van der Waals surface area contributed by atoms with Crippen LogP contribution in [-0.2, 0) is 33.3 Å². The number of carbonyl (C=O) groups excluding carboxylic acids is 3. The number of allylic oxidation sites excluding steroid dienone is 28. The summed E-state index contributed by atoms with van der Waals surface area (Å²) in [5.41, 5.74) is 0. The number of rotatable bonds is 67. The van der Waals surface area contributed by atoms with Crippen molar-refractivity contribution in [3.05, 3.63) is 170 Å². The lowest BCUT2D eigenvalue weighted by atomic mass is 10.0. The van der Waals surface area contributed by atoms with Crippen LogP contribution in [0.15, 0.2) is 170 Å². The number of aliphatic carboxylic acids is 1. The van der Waals surface area contributed by atoms with Crippen LogP contribution in [0.2, 0.25) is 0 Å². The van der Waals surface area contributed by atoms with Gasteiger partial charge in [-0.1, -0.05) is 312 Å². The van der Waals surface area contributed by atoms with Crippen molar-refractivity contribution in [2.24, 2.45) is 0 Å². The minimum absolute atomic E-state index is 0.132. The summed E-state index contributed by atoms with van der Waals surface area (Å²) in [7, 11) is 5.91. The number of unbranched alkanes of at least 4 members (excludes halogenated alkanes) is 24. The van der Waals surface area contributed by atoms with E-state index < -0.39 is 24.3 Å². The maximum absolute atomic E-state index is 12.9. The van der Waals surface area contributed by atoms with E-state index in [9.17, 15) is 19.5 Å². The predicted molar refractivity (Wildman–Crippen MR) is 398 cm³/mol. The Labute approximate surface area is 571 Å². The van der Waals surface area contributed by atoms with Crippen LogP contribution in [0.3, 0.4) is 0 Å². The first kappa shape index (κ1) is 87.7. The lowest BCUT2D eigenvalue weighted by molar-refractivity contribution is -0.870. The van der Waals surface area contributed by atoms with Gasteiger partial charge in [0.2, 0.25) is 0 Å². The minimum atomic E-state index is -1.64. The van der Waals surface area contributed by atoms with Crippen LogP contribution < -0.4 is 5.11 Å². The van der Waals surface area contributed by atoms with Crippen LogP contribution in [0.4, 0.5) is 0 Å². The van der Waals surface area contributed by atoms with Gasteiger partial charge in [0.1, 0.15) is 13.2 Å². The second-order valence-corrected chi connectivity index (χ2v) is 25.5. The van der Waals surface area contributed by atoms with Crippen molar-refractivity contribution in [2.45, 2.75) is 296 Å². The van der Waals surface area contributed by atoms with Crippen LogP contribution in [0.25, 0.3) is 0 Å². The molecule has 0 fully saturated rings. The molecule has 0 radical (unpaired) electrons. The molecule has 0 spiro atoms. The molecule has 9 nitrogen and oxygen atoms in total. The van der Waals surface area contributed by atoms with Gasteiger partial charge >= 0.3 is 11.9 Å². The van der Waals surface area contributed by atoms with Crippen molar-refractivity contribution < 1.29 is 42.9 Å². The van der Waals surface area contributed by atoms with E-state index >= 15 is 0 Å². The first-order chi connectivity index (χ1) is 45.6. The van der Waals surface area contributed by atoms with Gasteiger partial charge in [-0.15, -0.1) is 0 Å². The molecule has 9 heteroatoms. The van der Waals surface area contributed by atoms with Gasteiger partial charge in [0.15, 0.2) is 12.4 Å². The van der Waals surface area contributed by atoms with Crippen LogP contribution in [0, 0.1) is 0 Å². The monoisotopic (exact) mass is 1290 g/mol. The zero-order valence-corrected chi connectivity index (χ0v) is 60.1. The summed E-state index contributed by atoms with van der Waals surface area (Å²) < 4.78 is 22.7. The van der Waals surface area contributed by atoms with E-state index in [1.807, 2.05) is 21.1 Å². The maximum Gasteiger partial charge on any atom is 0.306 e. The molecule has 0 amide bonds. The number of carboxylic acids is 1. The lowest BCUT2D eigenvalue weighted by Crippen LogP contribution is -2.44. The molecule has 0 aliphatic rings. The molecule has 0 saturated carbocycles. The highest BCUT2D eigenvalue weighted by molar-refractivity contribution is 5.70. The molecule has 2 atom stereocenters. The van der Waals surface area contributed by atoms with Gasteiger partial charge in [-0.3, -0.25) is 9.59 Å². The van der Waals surface area contributed by atoms with Gasteiger partial charge < -0.3 is 33.3 Å². The van der Waals surface area contributed by atoms with Gasteiger partial charge in [0.25, 0.3) is 0 Å². The maximum atomic E-state index is 12.9. The Kier molecular flexibility index (Phi) is 68.3. The molecule has 0 aromatic carbocycles. The SMILES string of the molecule is CC/C=C\C/C=C\C/C=C\C/C=C\C/C=C\C/C=C\C/C=C\C/C=C\CCCCC(=O)OC(COC(=O)CCCCCCCCCCCCCCCCCCCCCCCC/C=C\C/C=C\C/C=C\C/C=C\C/C=C\C/C=C\CC)COC(OCC[N+](C)(C)C)C(=O)[O-]. The molecular weight excluding hydrogens is 1150 g/mol. The normalized spacial score (nSPS) is 13.7. The van der Waals surface area contributed by atoms with Crippen LogP contribution in [0.1, 0.15) is 284 Å². The first-order valence-corrected chi connectivity index (χ1v) is 37.3. The fourth-order valence-electron chi connectivity index (χ4n) is 9.85. The molecule has 0 saturated heterocycles. The smallest absolute Gasteiger partial charge is 0.306 e. The molecule has 0 heterocycles. The number of esters is 2. The highest BCUT2D eigenvalue weighted by Gasteiger charge is 2.22. The topological polar surface area (TPSA) is 111 Å². The van der Waals surface area contributed by atoms with Gasteiger partial charge in [0.05, 0.1) is 40.3 Å². The first-order valence-electron chi connectivity index (χ1n) is 37.3. The fourth-order valence-corrected chi connectivity index (χ4v) is 9.85. The van der Waals surface area contributed by atoms with E-state index in [2.05, 4.69) is 184 Å². The molecule has 0 aromatic rings. The Morgan fingerprint density at radius 1 is 0.323 bits per heavy atom. The predicted octanol–water partition coefficient (Wildman–Crippen LogP) is 22.5. The van der Waals surface area contributed by atoms with Gasteiger partial charge in [-0.05, 0) is 128 Å². The third-order valence-electron chi connectivity index (χ3n) is 15.5. The highest BCUT2D eigenvalue weighted by atomic mass is 16.7. The zero-order chi connectivity index (χ0) is 67.5. The van der Waals surface area contributed by atoms with E-state index in [0.717, 1.165) is 122 Å². The molecule has 0 aliphatic carbocycles. The van der Waals surface area contributed by atoms with E-state index in [-0.39, 0.29) is 38.6 Å². The van der Waals surface area contributed by atoms with Gasteiger partial charge in [0, 0.05) is 12.8 Å². The number of ether oxygens (including phenoxy) is 4. The molecule has 0 rings (SSSR count). The quantitative estimate of drug-likeness (QED) is 0.0195. The second-order valence-electron chi connectivity index (χ2n) is 25.5. The summed E-state index contributed by atoms with van der Waals surface area (Å²) in [6.07, 6.45) is 106. The Morgan fingerprint density at radius 3 is 0.882 bits per heavy atom. The summed E-state index contributed by atoms with van der Waals surface area (Å²) in [6.45, 7) is 4.47. The van der Waals surface area contributed by atoms with Crippen LogP contribution in [-0.4, -0.2) is 82.3 Å². The van der Waals surface area contributed by atoms with E-state index in [1.54, 1.807) is 0 Å². The summed E-state index contributed by atoms with van der Waals surface area (Å²) in [5.74, 6) is -2.35. The van der Waals surface area contributed by atoms with Crippen molar-refractivity contribution in [3.8, 4) is 0 Å². The Morgan fingerprint density at radius 2 is 0.581 bits per heavy atom. The van der Waals surface area contributed by atoms with E-state index in [1.165, 1.54) is 128 Å². The van der Waals surface area contributed by atoms with Crippen molar-refractivity contribution in [1.82, 2.24) is 0 Å². The standard InChI is InChI=1S/C84H137NO8/c1-6-8-10-12-14-16-18-20-22-24-26-28-30-32-34-35-36-37-38-39-40-41-42-43-44-45-46-47-49-50-52-54-56-58-60-62-64-66-68-70-72-74-81(86)91-78-80(79-92-84(83(88)89)90-77-76-85(3,4)5)93-82(87)75-73-71-69-67-65-63-61-59-57-55-53-51-48-33-31-29-27-25-23-21-19-17-15-13-11-9-7-2/h8-11,14-17,20-23,26-29,32-34,36-37,48,53,55,59,61,65,67,80,84H,6-7,12-13,18-19,24-25,30-31,35,38-47,49-52,54,56-58,60,62-64,66,68-79H2,1-5H3/b10-8-,11-9-,16-14-,17-15-,22-20-,23-21-,28-26-,29-27-,34-32-,37-36-,48-33-,55-53-,61-59-,67-65-. The average Bonchev–Trinajstić information content (AvgIpc) is 3.38. The van der Waals surface area contributed by atoms with Gasteiger partial charge in [-0.25, -0.2) is 0 Å². The number of quaternary nitrogens is 1. The van der Waals surface area contributed by atoms with Crippen LogP contribution >= 0.6 is 0 Å². The third-order valence-corrected chi connectivity index (χ3v) is 15.5. The van der Waals surface area contributed by atoms with Gasteiger partial charge in [-0.2, -0.15) is 0 Å². The molecule has 2 unspecified atom stereocenters. The molecule has 0 N–H and O–H groups in total. The lowest BCUT2D eigenvalue weighted by Gasteiger charge is -2.26.